The minimum absolute atomic E-state index is 0.216. The Morgan fingerprint density at radius 2 is 2.22 bits per heavy atom. The van der Waals surface area contributed by atoms with Gasteiger partial charge in [-0.3, -0.25) is 10.1 Å². The molecule has 0 heterocycles. The smallest absolute Gasteiger partial charge is 0.272 e. The minimum atomic E-state index is -0.312. The first kappa shape index (κ1) is 13.0. The molecule has 1 N–H and O–H groups in total. The lowest BCUT2D eigenvalue weighted by Crippen LogP contribution is -2.21. The Bertz CT molecular complexity index is 428. The highest BCUT2D eigenvalue weighted by Crippen LogP contribution is 2.28. The van der Waals surface area contributed by atoms with Crippen LogP contribution in [0.25, 0.3) is 0 Å². The molecular formula is C14H20N2O2. The summed E-state index contributed by atoms with van der Waals surface area (Å²) in [5.41, 5.74) is 2.02. The van der Waals surface area contributed by atoms with Crippen molar-refractivity contribution in [2.45, 2.75) is 39.2 Å². The average molecular weight is 248 g/mol. The lowest BCUT2D eigenvalue weighted by atomic mass is 9.83. The van der Waals surface area contributed by atoms with Crippen molar-refractivity contribution in [3.63, 3.8) is 0 Å². The topological polar surface area (TPSA) is 55.2 Å². The fraction of sp³-hybridized carbons (Fsp3) is 0.571. The first-order valence-electron chi connectivity index (χ1n) is 6.62. The number of nitro benzene ring substituents is 1. The maximum atomic E-state index is 10.8. The highest BCUT2D eigenvalue weighted by Gasteiger charge is 2.16. The molecule has 4 heteroatoms. The van der Waals surface area contributed by atoms with Gasteiger partial charge in [-0.1, -0.05) is 31.4 Å². The molecule has 0 saturated heterocycles. The van der Waals surface area contributed by atoms with Crippen molar-refractivity contribution in [2.75, 3.05) is 6.54 Å². The molecule has 0 bridgehead atoms. The van der Waals surface area contributed by atoms with Crippen LogP contribution in [0.3, 0.4) is 0 Å². The molecule has 18 heavy (non-hydrogen) atoms. The van der Waals surface area contributed by atoms with Gasteiger partial charge in [-0.15, -0.1) is 0 Å². The summed E-state index contributed by atoms with van der Waals surface area (Å²) in [7, 11) is 0. The van der Waals surface area contributed by atoms with Crippen LogP contribution in [0.15, 0.2) is 18.2 Å². The van der Waals surface area contributed by atoms with Gasteiger partial charge in [-0.2, -0.15) is 0 Å². The van der Waals surface area contributed by atoms with E-state index in [1.165, 1.54) is 25.7 Å². The Morgan fingerprint density at radius 3 is 2.83 bits per heavy atom. The van der Waals surface area contributed by atoms with Crippen LogP contribution in [0, 0.1) is 23.0 Å². The fourth-order valence-electron chi connectivity index (χ4n) is 2.37. The van der Waals surface area contributed by atoms with Gasteiger partial charge in [0.15, 0.2) is 0 Å². The van der Waals surface area contributed by atoms with E-state index in [2.05, 4.69) is 5.32 Å². The number of nitrogens with zero attached hydrogens (tertiary/aromatic N) is 1. The molecule has 1 aromatic carbocycles. The van der Waals surface area contributed by atoms with E-state index in [0.717, 1.165) is 30.1 Å². The zero-order valence-corrected chi connectivity index (χ0v) is 10.8. The molecule has 0 radical (unpaired) electrons. The second kappa shape index (κ2) is 5.96. The van der Waals surface area contributed by atoms with Crippen LogP contribution in [0.5, 0.6) is 0 Å². The van der Waals surface area contributed by atoms with Crippen LogP contribution in [0.1, 0.15) is 36.8 Å². The van der Waals surface area contributed by atoms with Crippen molar-refractivity contribution in [1.29, 1.82) is 0 Å². The molecule has 98 valence electrons. The third-order valence-corrected chi connectivity index (χ3v) is 3.88. The molecule has 0 amide bonds. The molecular weight excluding hydrogens is 228 g/mol. The molecule has 1 aliphatic rings. The molecule has 1 aromatic rings. The van der Waals surface area contributed by atoms with Crippen molar-refractivity contribution < 1.29 is 4.92 Å². The highest BCUT2D eigenvalue weighted by atomic mass is 16.6. The number of nitro groups is 1. The quantitative estimate of drug-likeness (QED) is 0.478. The van der Waals surface area contributed by atoms with Crippen LogP contribution in [0.2, 0.25) is 0 Å². The minimum Gasteiger partial charge on any atom is -0.313 e. The first-order chi connectivity index (χ1) is 8.68. The Labute approximate surface area is 108 Å². The molecule has 1 fully saturated rings. The van der Waals surface area contributed by atoms with Gasteiger partial charge in [0, 0.05) is 18.2 Å². The van der Waals surface area contributed by atoms with Crippen LogP contribution in [-0.2, 0) is 6.54 Å². The molecule has 0 spiro atoms. The molecule has 1 aliphatic carbocycles. The Hall–Kier alpha value is -1.42. The van der Waals surface area contributed by atoms with Gasteiger partial charge < -0.3 is 5.32 Å². The summed E-state index contributed by atoms with van der Waals surface area (Å²) in [6.07, 6.45) is 5.36. The Balaban J connectivity index is 1.84. The van der Waals surface area contributed by atoms with Crippen molar-refractivity contribution in [2.24, 2.45) is 5.92 Å². The largest absolute Gasteiger partial charge is 0.313 e. The van der Waals surface area contributed by atoms with Crippen LogP contribution in [0.4, 0.5) is 5.69 Å². The highest BCUT2D eigenvalue weighted by molar-refractivity contribution is 5.44. The standard InChI is InChI=1S/C14H20N2O2/c1-11-13(6-3-7-14(11)16(17)18)10-15-9-8-12-4-2-5-12/h3,6-7,12,15H,2,4-5,8-10H2,1H3. The maximum Gasteiger partial charge on any atom is 0.272 e. The van der Waals surface area contributed by atoms with Crippen LogP contribution in [-0.4, -0.2) is 11.5 Å². The zero-order valence-electron chi connectivity index (χ0n) is 10.8. The second-order valence-electron chi connectivity index (χ2n) is 5.08. The number of hydrogen-bond donors (Lipinski definition) is 1. The molecule has 2 rings (SSSR count). The molecule has 0 atom stereocenters. The predicted molar refractivity (Wildman–Crippen MR) is 71.5 cm³/mol. The van der Waals surface area contributed by atoms with Gasteiger partial charge in [0.1, 0.15) is 0 Å². The van der Waals surface area contributed by atoms with Crippen molar-refractivity contribution in [1.82, 2.24) is 5.32 Å². The van der Waals surface area contributed by atoms with Crippen molar-refractivity contribution in [3.8, 4) is 0 Å². The van der Waals surface area contributed by atoms with Crippen LogP contribution < -0.4 is 5.32 Å². The summed E-state index contributed by atoms with van der Waals surface area (Å²) in [6.45, 7) is 3.55. The summed E-state index contributed by atoms with van der Waals surface area (Å²) >= 11 is 0. The monoisotopic (exact) mass is 248 g/mol. The van der Waals surface area contributed by atoms with E-state index in [1.807, 2.05) is 13.0 Å². The summed E-state index contributed by atoms with van der Waals surface area (Å²) in [5.74, 6) is 0.906. The Kier molecular flexibility index (Phi) is 4.31. The van der Waals surface area contributed by atoms with Crippen molar-refractivity contribution >= 4 is 5.69 Å². The normalized spacial score (nSPS) is 15.4. The number of rotatable bonds is 6. The van der Waals surface area contributed by atoms with Gasteiger partial charge in [-0.25, -0.2) is 0 Å². The first-order valence-corrected chi connectivity index (χ1v) is 6.62. The summed E-state index contributed by atoms with van der Waals surface area (Å²) in [5, 5.41) is 14.2. The Morgan fingerprint density at radius 1 is 1.44 bits per heavy atom. The lowest BCUT2D eigenvalue weighted by molar-refractivity contribution is -0.385. The van der Waals surface area contributed by atoms with E-state index >= 15 is 0 Å². The van der Waals surface area contributed by atoms with E-state index in [-0.39, 0.29) is 10.6 Å². The zero-order chi connectivity index (χ0) is 13.0. The third-order valence-electron chi connectivity index (χ3n) is 3.88. The van der Waals surface area contributed by atoms with E-state index in [9.17, 15) is 10.1 Å². The lowest BCUT2D eigenvalue weighted by Gasteiger charge is -2.25. The molecule has 0 unspecified atom stereocenters. The maximum absolute atomic E-state index is 10.8. The number of nitrogens with one attached hydrogen (secondary N) is 1. The van der Waals surface area contributed by atoms with Gasteiger partial charge in [0.25, 0.3) is 5.69 Å². The summed E-state index contributed by atoms with van der Waals surface area (Å²) in [4.78, 5) is 10.5. The summed E-state index contributed by atoms with van der Waals surface area (Å²) < 4.78 is 0. The molecule has 4 nitrogen and oxygen atoms in total. The fourth-order valence-corrected chi connectivity index (χ4v) is 2.37. The number of benzene rings is 1. The van der Waals surface area contributed by atoms with Gasteiger partial charge in [0.2, 0.25) is 0 Å². The third kappa shape index (κ3) is 3.07. The van der Waals surface area contributed by atoms with Crippen LogP contribution >= 0.6 is 0 Å². The molecule has 1 saturated carbocycles. The average Bonchev–Trinajstić information content (AvgIpc) is 2.28. The van der Waals surface area contributed by atoms with Gasteiger partial charge >= 0.3 is 0 Å². The predicted octanol–water partition coefficient (Wildman–Crippen LogP) is 3.18. The molecule has 0 aliphatic heterocycles. The second-order valence-corrected chi connectivity index (χ2v) is 5.08. The SMILES string of the molecule is Cc1c(CNCCC2CCC2)cccc1[N+](=O)[O-]. The van der Waals surface area contributed by atoms with E-state index in [4.69, 9.17) is 0 Å². The van der Waals surface area contributed by atoms with E-state index in [0.29, 0.717) is 0 Å². The molecule has 0 aromatic heterocycles. The summed E-state index contributed by atoms with van der Waals surface area (Å²) in [6, 6.07) is 5.28. The van der Waals surface area contributed by atoms with E-state index in [1.54, 1.807) is 12.1 Å². The number of hydrogen-bond acceptors (Lipinski definition) is 3. The van der Waals surface area contributed by atoms with Gasteiger partial charge in [0.05, 0.1) is 4.92 Å². The van der Waals surface area contributed by atoms with E-state index < -0.39 is 0 Å². The van der Waals surface area contributed by atoms with Gasteiger partial charge in [-0.05, 0) is 31.4 Å². The van der Waals surface area contributed by atoms with Crippen molar-refractivity contribution in [3.05, 3.63) is 39.4 Å².